The smallest absolute Gasteiger partial charge is 0.219 e. The van der Waals surface area contributed by atoms with Gasteiger partial charge in [0, 0.05) is 36.0 Å². The lowest BCUT2D eigenvalue weighted by Gasteiger charge is -2.41. The third kappa shape index (κ3) is 2.93. The van der Waals surface area contributed by atoms with E-state index in [2.05, 4.69) is 25.1 Å². The maximum atomic E-state index is 14.2. The van der Waals surface area contributed by atoms with E-state index in [0.717, 1.165) is 30.5 Å². The van der Waals surface area contributed by atoms with Crippen LogP contribution in [0.5, 0.6) is 0 Å². The fourth-order valence-corrected chi connectivity index (χ4v) is 3.30. The van der Waals surface area contributed by atoms with Crippen LogP contribution in [0.2, 0.25) is 0 Å². The molecule has 25 heavy (non-hydrogen) atoms. The highest BCUT2D eigenvalue weighted by Gasteiger charge is 2.42. The summed E-state index contributed by atoms with van der Waals surface area (Å²) in [6, 6.07) is 6.88. The number of rotatable bonds is 4. The van der Waals surface area contributed by atoms with Crippen LogP contribution in [0.4, 0.5) is 10.3 Å². The van der Waals surface area contributed by atoms with Crippen LogP contribution in [-0.2, 0) is 11.8 Å². The van der Waals surface area contributed by atoms with Crippen molar-refractivity contribution in [1.29, 1.82) is 0 Å². The predicted octanol–water partition coefficient (Wildman–Crippen LogP) is 2.71. The molecule has 1 saturated carbocycles. The zero-order valence-corrected chi connectivity index (χ0v) is 13.6. The summed E-state index contributed by atoms with van der Waals surface area (Å²) in [7, 11) is 0. The van der Waals surface area contributed by atoms with Crippen LogP contribution in [0.25, 0.3) is 11.3 Å². The van der Waals surface area contributed by atoms with Crippen LogP contribution >= 0.6 is 0 Å². The largest absolute Gasteiger partial charge is 0.368 e. The van der Waals surface area contributed by atoms with Gasteiger partial charge in [0.2, 0.25) is 5.95 Å². The average molecular weight is 336 g/mol. The molecule has 6 nitrogen and oxygen atoms in total. The minimum Gasteiger partial charge on any atom is -0.368 e. The Labute approximate surface area is 144 Å². The Kier molecular flexibility index (Phi) is 3.83. The number of nitrogen functional groups attached to an aromatic ring is 1. The van der Waals surface area contributed by atoms with Gasteiger partial charge < -0.3 is 5.73 Å². The summed E-state index contributed by atoms with van der Waals surface area (Å²) in [4.78, 5) is 12.2. The Morgan fingerprint density at radius 3 is 2.44 bits per heavy atom. The van der Waals surface area contributed by atoms with E-state index in [1.165, 1.54) is 6.07 Å². The maximum Gasteiger partial charge on any atom is 0.219 e. The maximum absolute atomic E-state index is 14.2. The molecule has 0 unspecified atom stereocenters. The third-order valence-electron chi connectivity index (χ3n) is 4.78. The molecule has 0 saturated heterocycles. The molecule has 0 atom stereocenters. The molecule has 2 N–H and O–H groups in total. The molecular weight excluding hydrogens is 319 g/mol. The predicted molar refractivity (Wildman–Crippen MR) is 90.9 cm³/mol. The number of aromatic nitrogens is 5. The van der Waals surface area contributed by atoms with Crippen LogP contribution in [0, 0.1) is 5.82 Å². The summed E-state index contributed by atoms with van der Waals surface area (Å²) < 4.78 is 14.2. The first-order valence-corrected chi connectivity index (χ1v) is 8.18. The van der Waals surface area contributed by atoms with E-state index < -0.39 is 0 Å². The Morgan fingerprint density at radius 2 is 1.84 bits per heavy atom. The van der Waals surface area contributed by atoms with Crippen LogP contribution < -0.4 is 5.73 Å². The second-order valence-electron chi connectivity index (χ2n) is 6.38. The summed E-state index contributed by atoms with van der Waals surface area (Å²) in [6.07, 6.45) is 8.41. The zero-order chi connectivity index (χ0) is 17.3. The van der Waals surface area contributed by atoms with E-state index in [9.17, 15) is 4.39 Å². The highest BCUT2D eigenvalue weighted by atomic mass is 19.1. The van der Waals surface area contributed by atoms with E-state index >= 15 is 0 Å². The first kappa shape index (κ1) is 15.6. The molecule has 0 aliphatic heterocycles. The first-order chi connectivity index (χ1) is 12.2. The summed E-state index contributed by atoms with van der Waals surface area (Å²) in [5.41, 5.74) is 8.01. The number of pyridine rings is 1. The molecular formula is C18H17FN6. The van der Waals surface area contributed by atoms with Crippen molar-refractivity contribution in [3.8, 4) is 11.3 Å². The van der Waals surface area contributed by atoms with Gasteiger partial charge in [-0.25, -0.2) is 14.4 Å². The number of anilines is 1. The van der Waals surface area contributed by atoms with Gasteiger partial charge in [0.05, 0.1) is 17.1 Å². The molecule has 4 rings (SSSR count). The number of hydrogen-bond donors (Lipinski definition) is 1. The van der Waals surface area contributed by atoms with Crippen molar-refractivity contribution >= 4 is 5.95 Å². The van der Waals surface area contributed by atoms with Gasteiger partial charge in [0.1, 0.15) is 5.82 Å². The van der Waals surface area contributed by atoms with Gasteiger partial charge in [0.15, 0.2) is 0 Å². The van der Waals surface area contributed by atoms with E-state index in [1.807, 2.05) is 12.1 Å². The van der Waals surface area contributed by atoms with Crippen molar-refractivity contribution in [1.82, 2.24) is 25.1 Å². The molecule has 0 spiro atoms. The van der Waals surface area contributed by atoms with Crippen molar-refractivity contribution in [2.75, 3.05) is 5.73 Å². The van der Waals surface area contributed by atoms with Crippen molar-refractivity contribution in [3.63, 3.8) is 0 Å². The van der Waals surface area contributed by atoms with E-state index in [4.69, 9.17) is 5.73 Å². The summed E-state index contributed by atoms with van der Waals surface area (Å²) in [5.74, 6) is -0.0246. The van der Waals surface area contributed by atoms with Crippen molar-refractivity contribution in [2.24, 2.45) is 0 Å². The molecule has 3 aromatic heterocycles. The quantitative estimate of drug-likeness (QED) is 0.788. The minimum atomic E-state index is -0.272. The van der Waals surface area contributed by atoms with Crippen LogP contribution in [0.3, 0.4) is 0 Å². The average Bonchev–Trinajstić information content (AvgIpc) is 2.60. The normalized spacial score (nSPS) is 15.6. The molecule has 126 valence electrons. The molecule has 0 radical (unpaired) electrons. The van der Waals surface area contributed by atoms with Gasteiger partial charge in [-0.05, 0) is 37.1 Å². The highest BCUT2D eigenvalue weighted by molar-refractivity contribution is 5.56. The number of halogens is 1. The number of hydrogen-bond acceptors (Lipinski definition) is 6. The Balaban J connectivity index is 1.58. The Morgan fingerprint density at radius 1 is 1.04 bits per heavy atom. The van der Waals surface area contributed by atoms with Crippen molar-refractivity contribution in [3.05, 3.63) is 60.1 Å². The Hall–Kier alpha value is -2.96. The highest BCUT2D eigenvalue weighted by Crippen LogP contribution is 2.45. The molecule has 0 amide bonds. The van der Waals surface area contributed by atoms with Crippen LogP contribution in [-0.4, -0.2) is 25.1 Å². The second kappa shape index (κ2) is 6.16. The lowest BCUT2D eigenvalue weighted by atomic mass is 9.63. The van der Waals surface area contributed by atoms with Gasteiger partial charge in [-0.15, -0.1) is 0 Å². The van der Waals surface area contributed by atoms with Crippen LogP contribution in [0.1, 0.15) is 30.7 Å². The molecule has 1 aliphatic carbocycles. The van der Waals surface area contributed by atoms with E-state index in [-0.39, 0.29) is 17.2 Å². The lowest BCUT2D eigenvalue weighted by Crippen LogP contribution is -2.38. The van der Waals surface area contributed by atoms with Crippen LogP contribution in [0.15, 0.2) is 42.9 Å². The first-order valence-electron chi connectivity index (χ1n) is 8.18. The van der Waals surface area contributed by atoms with E-state index in [1.54, 1.807) is 24.7 Å². The standard InChI is InChI=1S/C18H17FN6/c19-14-3-1-8-21-16(14)18(6-2-7-18)9-13-4-5-15(25-24-13)12-10-22-17(20)23-11-12/h1,3-5,8,10-11H,2,6-7,9H2,(H2,20,22,23). The third-order valence-corrected chi connectivity index (χ3v) is 4.78. The molecule has 3 aromatic rings. The van der Waals surface area contributed by atoms with Gasteiger partial charge in [-0.1, -0.05) is 6.42 Å². The molecule has 7 heteroatoms. The van der Waals surface area contributed by atoms with Gasteiger partial charge >= 0.3 is 0 Å². The number of nitrogens with two attached hydrogens (primary N) is 1. The van der Waals surface area contributed by atoms with Crippen molar-refractivity contribution in [2.45, 2.75) is 31.1 Å². The fourth-order valence-electron chi connectivity index (χ4n) is 3.30. The second-order valence-corrected chi connectivity index (χ2v) is 6.38. The fraction of sp³-hybridized carbons (Fsp3) is 0.278. The molecule has 1 fully saturated rings. The lowest BCUT2D eigenvalue weighted by molar-refractivity contribution is 0.223. The summed E-state index contributed by atoms with van der Waals surface area (Å²) in [6.45, 7) is 0. The SMILES string of the molecule is Nc1ncc(-c2ccc(CC3(c4ncccc4F)CCC3)nn2)cn1. The summed E-state index contributed by atoms with van der Waals surface area (Å²) in [5, 5.41) is 8.56. The molecule has 0 bridgehead atoms. The van der Waals surface area contributed by atoms with Gasteiger partial charge in [-0.3, -0.25) is 4.98 Å². The zero-order valence-electron chi connectivity index (χ0n) is 13.6. The molecule has 1 aliphatic rings. The van der Waals surface area contributed by atoms with Gasteiger partial charge in [0.25, 0.3) is 0 Å². The minimum absolute atomic E-state index is 0.220. The molecule has 3 heterocycles. The van der Waals surface area contributed by atoms with E-state index in [0.29, 0.717) is 17.8 Å². The van der Waals surface area contributed by atoms with Crippen molar-refractivity contribution < 1.29 is 4.39 Å². The monoisotopic (exact) mass is 336 g/mol. The topological polar surface area (TPSA) is 90.5 Å². The summed E-state index contributed by atoms with van der Waals surface area (Å²) >= 11 is 0. The van der Waals surface area contributed by atoms with Gasteiger partial charge in [-0.2, -0.15) is 10.2 Å². The molecule has 0 aromatic carbocycles. The number of nitrogens with zero attached hydrogens (tertiary/aromatic N) is 5. The Bertz CT molecular complexity index is 875.